The predicted octanol–water partition coefficient (Wildman–Crippen LogP) is 16.7. The number of nitrogens with zero attached hydrogens (tertiary/aromatic N) is 9. The number of aromatic nitrogens is 8. The fourth-order valence-corrected chi connectivity index (χ4v) is 10.6. The molecule has 0 amide bonds. The van der Waals surface area contributed by atoms with Crippen LogP contribution < -0.4 is 0 Å². The van der Waals surface area contributed by atoms with Crippen molar-refractivity contribution < 1.29 is 8.78 Å². The number of halogens is 2. The summed E-state index contributed by atoms with van der Waals surface area (Å²) in [7, 11) is 0. The second kappa shape index (κ2) is 18.8. The molecular weight excluding hydrogens is 969 g/mol. The van der Waals surface area contributed by atoms with E-state index in [-0.39, 0.29) is 11.3 Å². The van der Waals surface area contributed by atoms with Crippen LogP contribution in [0.25, 0.3) is 139 Å². The molecule has 0 atom stereocenters. The number of rotatable bonds is 9. The Hall–Kier alpha value is -10.8. The van der Waals surface area contributed by atoms with Crippen molar-refractivity contribution >= 4 is 49.3 Å². The van der Waals surface area contributed by atoms with E-state index in [1.54, 1.807) is 0 Å². The monoisotopic (exact) mass is 1010 g/mol. The molecule has 0 N–H and O–H groups in total. The summed E-state index contributed by atoms with van der Waals surface area (Å²) in [5.74, 6) is 1.73. The van der Waals surface area contributed by atoms with Crippen molar-refractivity contribution in [3.8, 4) is 90.8 Å². The molecule has 0 radical (unpaired) electrons. The van der Waals surface area contributed by atoms with Crippen LogP contribution in [0.2, 0.25) is 0 Å². The molecule has 366 valence electrons. The molecule has 78 heavy (non-hydrogen) atoms. The Labute approximate surface area is 445 Å². The molecule has 0 bridgehead atoms. The van der Waals surface area contributed by atoms with Gasteiger partial charge in [-0.25, -0.2) is 43.5 Å². The van der Waals surface area contributed by atoms with E-state index in [4.69, 9.17) is 36.5 Å². The third-order valence-corrected chi connectivity index (χ3v) is 14.1. The lowest BCUT2D eigenvalue weighted by Gasteiger charge is -2.20. The predicted molar refractivity (Wildman–Crippen MR) is 306 cm³/mol. The van der Waals surface area contributed by atoms with Crippen LogP contribution in [0.1, 0.15) is 0 Å². The van der Waals surface area contributed by atoms with Crippen LogP contribution >= 0.6 is 0 Å². The lowest BCUT2D eigenvalue weighted by atomic mass is 10.0. The van der Waals surface area contributed by atoms with E-state index in [1.807, 2.05) is 170 Å². The second-order valence-corrected chi connectivity index (χ2v) is 18.9. The Kier molecular flexibility index (Phi) is 11.0. The van der Waals surface area contributed by atoms with E-state index in [0.717, 1.165) is 83.1 Å². The Morgan fingerprint density at radius 3 is 1.01 bits per heavy atom. The van der Waals surface area contributed by atoms with Crippen LogP contribution in [0.5, 0.6) is 0 Å². The normalized spacial score (nSPS) is 11.4. The van der Waals surface area contributed by atoms with E-state index < -0.39 is 11.6 Å². The van der Waals surface area contributed by atoms with Crippen LogP contribution in [0.3, 0.4) is 0 Å². The zero-order valence-corrected chi connectivity index (χ0v) is 41.3. The summed E-state index contributed by atoms with van der Waals surface area (Å²) in [6.07, 6.45) is 0. The maximum Gasteiger partial charge on any atom is 0.197 e. The summed E-state index contributed by atoms with van der Waals surface area (Å²) in [5, 5.41) is 3.74. The first kappa shape index (κ1) is 45.8. The van der Waals surface area contributed by atoms with Gasteiger partial charge in [0.05, 0.1) is 40.0 Å². The quantitative estimate of drug-likeness (QED) is 0.134. The van der Waals surface area contributed by atoms with Gasteiger partial charge in [0.1, 0.15) is 11.6 Å². The van der Waals surface area contributed by atoms with Gasteiger partial charge in [-0.1, -0.05) is 158 Å². The summed E-state index contributed by atoms with van der Waals surface area (Å²) in [6.45, 7) is 8.61. The first-order valence-electron chi connectivity index (χ1n) is 25.3. The van der Waals surface area contributed by atoms with Gasteiger partial charge < -0.3 is 9.13 Å². The van der Waals surface area contributed by atoms with Crippen molar-refractivity contribution in [2.45, 2.75) is 0 Å². The van der Waals surface area contributed by atoms with Crippen LogP contribution in [-0.2, 0) is 0 Å². The summed E-state index contributed by atoms with van der Waals surface area (Å²) in [4.78, 5) is 34.2. The smallest absolute Gasteiger partial charge is 0.197 e. The average Bonchev–Trinajstić information content (AvgIpc) is 4.16. The first-order chi connectivity index (χ1) is 38.4. The molecule has 4 heterocycles. The van der Waals surface area contributed by atoms with Crippen molar-refractivity contribution in [3.05, 3.63) is 260 Å². The summed E-state index contributed by atoms with van der Waals surface area (Å²) in [5.41, 5.74) is 10.6. The van der Waals surface area contributed by atoms with E-state index in [2.05, 4.69) is 62.5 Å². The minimum Gasteiger partial charge on any atom is -0.308 e. The summed E-state index contributed by atoms with van der Waals surface area (Å²) < 4.78 is 34.8. The van der Waals surface area contributed by atoms with E-state index >= 15 is 8.78 Å². The number of hydrogen-bond donors (Lipinski definition) is 0. The number of hydrogen-bond acceptors (Lipinski definition) is 6. The molecule has 11 heteroatoms. The van der Waals surface area contributed by atoms with E-state index in [9.17, 15) is 0 Å². The highest BCUT2D eigenvalue weighted by Crippen LogP contribution is 2.44. The lowest BCUT2D eigenvalue weighted by molar-refractivity contribution is 0.584. The fraction of sp³-hybridized carbons (Fsp3) is 0. The molecule has 14 aromatic rings. The van der Waals surface area contributed by atoms with Crippen molar-refractivity contribution in [1.29, 1.82) is 0 Å². The van der Waals surface area contributed by atoms with Crippen LogP contribution in [0.4, 0.5) is 14.5 Å². The van der Waals surface area contributed by atoms with Gasteiger partial charge in [-0.05, 0) is 83.9 Å². The van der Waals surface area contributed by atoms with Gasteiger partial charge in [-0.2, -0.15) is 0 Å². The van der Waals surface area contributed by atoms with Gasteiger partial charge >= 0.3 is 0 Å². The topological polar surface area (TPSA) is 91.6 Å². The van der Waals surface area contributed by atoms with Crippen molar-refractivity contribution in [2.24, 2.45) is 0 Å². The average molecular weight is 1010 g/mol. The third kappa shape index (κ3) is 8.00. The van der Waals surface area contributed by atoms with Gasteiger partial charge in [0, 0.05) is 61.0 Å². The SMILES string of the molecule is [C-]#[N+]c1cc(-n2c3ccccc3c3cc(-c4nc(-c5ccccc5)nc(-c5ccccc5)n4)ccc32)c(-n2c3ccccc3c3cc(-c4nc(-c5ccccc5)nc(-c5ccccc5)n4)ccc32)cc1-c1cc(F)cc(F)c1. The van der Waals surface area contributed by atoms with Crippen molar-refractivity contribution in [3.63, 3.8) is 0 Å². The highest BCUT2D eigenvalue weighted by atomic mass is 19.1. The molecular formula is C67H39F2N9. The van der Waals surface area contributed by atoms with Gasteiger partial charge in [0.25, 0.3) is 0 Å². The zero-order valence-electron chi connectivity index (χ0n) is 41.3. The number of para-hydroxylation sites is 2. The maximum atomic E-state index is 15.2. The molecule has 14 rings (SSSR count). The highest BCUT2D eigenvalue weighted by molar-refractivity contribution is 6.13. The van der Waals surface area contributed by atoms with Crippen molar-refractivity contribution in [2.75, 3.05) is 0 Å². The summed E-state index contributed by atoms with van der Waals surface area (Å²) >= 11 is 0. The fourth-order valence-electron chi connectivity index (χ4n) is 10.6. The molecule has 0 saturated carbocycles. The molecule has 0 saturated heterocycles. The molecule has 9 nitrogen and oxygen atoms in total. The molecule has 0 fully saturated rings. The standard InChI is InChI=1S/C67H39F2N9/c1-70-55-40-61(78-57-29-17-15-27-51(57)54-37-46(31-33-59(54)78)67-75-64(43-22-10-4-11-23-43)72-65(76-67)44-24-12-5-13-25-44)60(39-52(55)47-34-48(68)38-49(69)35-47)77-56-28-16-14-26-50(56)53-36-45(30-32-58(53)77)66-73-62(41-18-6-2-7-19-41)71-63(74-66)42-20-8-3-9-21-42/h2-40H. The Bertz CT molecular complexity index is 4570. The third-order valence-electron chi connectivity index (χ3n) is 14.1. The Morgan fingerprint density at radius 2 is 0.628 bits per heavy atom. The number of benzene rings is 10. The minimum absolute atomic E-state index is 0.217. The lowest BCUT2D eigenvalue weighted by Crippen LogP contribution is -2.04. The Balaban J connectivity index is 1.01. The van der Waals surface area contributed by atoms with Crippen LogP contribution in [0.15, 0.2) is 237 Å². The molecule has 0 aliphatic rings. The van der Waals surface area contributed by atoms with Gasteiger partial charge in [0.2, 0.25) is 0 Å². The maximum absolute atomic E-state index is 15.2. The van der Waals surface area contributed by atoms with Crippen LogP contribution in [0, 0.1) is 18.2 Å². The molecule has 0 aliphatic carbocycles. The second-order valence-electron chi connectivity index (χ2n) is 18.9. The molecule has 0 spiro atoms. The Morgan fingerprint density at radius 1 is 0.295 bits per heavy atom. The minimum atomic E-state index is -0.747. The largest absolute Gasteiger partial charge is 0.308 e. The van der Waals surface area contributed by atoms with E-state index in [0.29, 0.717) is 51.9 Å². The number of fused-ring (bicyclic) bond motifs is 6. The van der Waals surface area contributed by atoms with Gasteiger partial charge in [-0.15, -0.1) is 0 Å². The first-order valence-corrected chi connectivity index (χ1v) is 25.3. The van der Waals surface area contributed by atoms with Gasteiger partial charge in [0.15, 0.2) is 40.6 Å². The molecule has 0 aliphatic heterocycles. The summed E-state index contributed by atoms with van der Waals surface area (Å²) in [6, 6.07) is 75.3. The van der Waals surface area contributed by atoms with Crippen molar-refractivity contribution in [1.82, 2.24) is 39.0 Å². The van der Waals surface area contributed by atoms with Crippen LogP contribution in [-0.4, -0.2) is 39.0 Å². The molecule has 10 aromatic carbocycles. The highest BCUT2D eigenvalue weighted by Gasteiger charge is 2.25. The van der Waals surface area contributed by atoms with Gasteiger partial charge in [-0.3, -0.25) is 0 Å². The zero-order chi connectivity index (χ0) is 52.3. The molecule has 4 aromatic heterocycles. The molecule has 0 unspecified atom stereocenters. The van der Waals surface area contributed by atoms with E-state index in [1.165, 1.54) is 12.1 Å².